The summed E-state index contributed by atoms with van der Waals surface area (Å²) in [6.45, 7) is 4.05. The van der Waals surface area contributed by atoms with Gasteiger partial charge < -0.3 is 24.8 Å². The largest absolute Gasteiger partial charge is 1.00 e. The molecule has 0 aliphatic heterocycles. The molecule has 0 amide bonds. The van der Waals surface area contributed by atoms with Crippen LogP contribution in [0, 0.1) is 0 Å². The Balaban J connectivity index is 0.000000810. The fourth-order valence-electron chi connectivity index (χ4n) is 1.87. The van der Waals surface area contributed by atoms with Crippen molar-refractivity contribution in [3.8, 4) is 0 Å². The maximum atomic E-state index is 4.05. The van der Waals surface area contributed by atoms with E-state index in [1.165, 1.54) is 24.4 Å². The van der Waals surface area contributed by atoms with Crippen LogP contribution in [0.5, 0.6) is 0 Å². The third-order valence-electron chi connectivity index (χ3n) is 2.71. The number of benzene rings is 1. The molecule has 0 saturated heterocycles. The molecule has 2 aromatic rings. The number of hydrogen-bond acceptors (Lipinski definition) is 0. The first-order valence-corrected chi connectivity index (χ1v) is 6.81. The van der Waals surface area contributed by atoms with E-state index < -0.39 is 0 Å². The fourth-order valence-corrected chi connectivity index (χ4v) is 3.64. The Hall–Kier alpha value is -0.726. The number of hydrogen-bond donors (Lipinski definition) is 1. The van der Waals surface area contributed by atoms with Gasteiger partial charge in [-0.3, -0.25) is 0 Å². The number of nitrogens with one attached hydrogen (secondary N) is 1. The maximum Gasteiger partial charge on any atom is -1.00 e. The van der Waals surface area contributed by atoms with E-state index in [-0.39, 0.29) is 44.0 Å². The number of aromatic nitrogens is 1. The molecule has 1 nitrogen and oxygen atoms in total. The van der Waals surface area contributed by atoms with E-state index in [2.05, 4.69) is 60.1 Å². The summed E-state index contributed by atoms with van der Waals surface area (Å²) in [5, 5.41) is 1.30. The van der Waals surface area contributed by atoms with E-state index in [4.69, 9.17) is 0 Å². The fraction of sp³-hybridized carbons (Fsp3) is 0. The van der Waals surface area contributed by atoms with E-state index in [9.17, 15) is 0 Å². The van der Waals surface area contributed by atoms with Gasteiger partial charge in [0.1, 0.15) is 0 Å². The van der Waals surface area contributed by atoms with Gasteiger partial charge in [0.2, 0.25) is 0 Å². The number of aromatic amines is 1. The van der Waals surface area contributed by atoms with Gasteiger partial charge in [-0.05, 0) is 0 Å². The van der Waals surface area contributed by atoms with Crippen LogP contribution in [0.1, 0.15) is 0 Å². The summed E-state index contributed by atoms with van der Waals surface area (Å²) in [6, 6.07) is 10.7. The van der Waals surface area contributed by atoms with Crippen molar-refractivity contribution in [1.29, 1.82) is 0 Å². The molecule has 0 unspecified atom stereocenters. The predicted octanol–water partition coefficient (Wildman–Crippen LogP) is -3.11. The van der Waals surface area contributed by atoms with Crippen molar-refractivity contribution in [2.45, 2.75) is 0 Å². The monoisotopic (exact) mass is 311 g/mol. The van der Waals surface area contributed by atoms with Crippen LogP contribution in [-0.2, 0) is 19.2 Å². The number of para-hydroxylation sites is 1. The SMILES string of the molecule is C=C1C=CC=[C]1[Ti+2][c]1cc2ccccc2[nH]1.[Cl-].[Cl-]. The Kier molecular flexibility index (Phi) is 5.49. The van der Waals surface area contributed by atoms with Crippen molar-refractivity contribution in [2.75, 3.05) is 0 Å². The van der Waals surface area contributed by atoms with E-state index >= 15 is 0 Å². The molecule has 0 atom stereocenters. The standard InChI is InChI=1S/C8H6N.C6H5.2ClH.Ti/c1-2-4-8-7(3-1)5-6-9-8;1-6-4-2-3-5-6;;;/h1-5,9H;2-4H,1H2;2*1H;/q;;;;+2/p-2. The summed E-state index contributed by atoms with van der Waals surface area (Å²) in [5.41, 5.74) is 2.41. The Labute approximate surface area is 128 Å². The van der Waals surface area contributed by atoms with Crippen LogP contribution < -0.4 is 28.8 Å². The number of allylic oxidation sites excluding steroid dienone is 5. The summed E-state index contributed by atoms with van der Waals surface area (Å²) in [4.78, 5) is 3.49. The molecule has 1 aromatic carbocycles. The number of fused-ring (bicyclic) bond motifs is 1. The van der Waals surface area contributed by atoms with Crippen LogP contribution >= 0.6 is 0 Å². The Bertz CT molecular complexity index is 593. The molecule has 0 saturated carbocycles. The molecular formula is C14H11Cl2NTi. The van der Waals surface area contributed by atoms with Gasteiger partial charge in [-0.15, -0.1) is 0 Å². The first-order valence-electron chi connectivity index (χ1n) is 5.25. The Morgan fingerprint density at radius 2 is 1.89 bits per heavy atom. The molecule has 3 rings (SSSR count). The van der Waals surface area contributed by atoms with Gasteiger partial charge in [-0.1, -0.05) is 0 Å². The van der Waals surface area contributed by atoms with Gasteiger partial charge in [0.05, 0.1) is 0 Å². The molecule has 90 valence electrons. The second-order valence-electron chi connectivity index (χ2n) is 3.86. The molecule has 1 aromatic heterocycles. The van der Waals surface area contributed by atoms with Crippen LogP contribution in [0.25, 0.3) is 10.9 Å². The van der Waals surface area contributed by atoms with E-state index in [0.29, 0.717) is 0 Å². The molecule has 1 aliphatic rings. The summed E-state index contributed by atoms with van der Waals surface area (Å²) in [7, 11) is 0. The zero-order valence-electron chi connectivity index (χ0n) is 9.58. The Morgan fingerprint density at radius 1 is 1.11 bits per heavy atom. The van der Waals surface area contributed by atoms with E-state index in [0.717, 1.165) is 0 Å². The zero-order chi connectivity index (χ0) is 11.0. The molecule has 0 spiro atoms. The van der Waals surface area contributed by atoms with E-state index in [1.54, 1.807) is 0 Å². The van der Waals surface area contributed by atoms with Crippen molar-refractivity contribution in [2.24, 2.45) is 0 Å². The Morgan fingerprint density at radius 3 is 2.56 bits per heavy atom. The van der Waals surface area contributed by atoms with Crippen LogP contribution in [0.2, 0.25) is 0 Å². The third kappa shape index (κ3) is 2.99. The van der Waals surface area contributed by atoms with Crippen LogP contribution in [0.3, 0.4) is 0 Å². The molecule has 1 aliphatic carbocycles. The molecule has 0 radical (unpaired) electrons. The smallest absolute Gasteiger partial charge is 1.00 e. The van der Waals surface area contributed by atoms with Crippen LogP contribution in [-0.4, -0.2) is 4.98 Å². The summed E-state index contributed by atoms with van der Waals surface area (Å²) >= 11 is -0.265. The average Bonchev–Trinajstić information content (AvgIpc) is 2.85. The van der Waals surface area contributed by atoms with Crippen molar-refractivity contribution in [3.63, 3.8) is 0 Å². The van der Waals surface area contributed by atoms with Gasteiger partial charge in [-0.25, -0.2) is 0 Å². The van der Waals surface area contributed by atoms with Gasteiger partial charge in [0, 0.05) is 0 Å². The van der Waals surface area contributed by atoms with Gasteiger partial charge >= 0.3 is 104 Å². The van der Waals surface area contributed by atoms with E-state index in [1.807, 2.05) is 0 Å². The van der Waals surface area contributed by atoms with Crippen molar-refractivity contribution in [1.82, 2.24) is 4.98 Å². The minimum absolute atomic E-state index is 0. The quantitative estimate of drug-likeness (QED) is 0.566. The second kappa shape index (κ2) is 6.44. The molecule has 1 heterocycles. The van der Waals surface area contributed by atoms with Crippen molar-refractivity contribution in [3.05, 3.63) is 64.6 Å². The second-order valence-corrected chi connectivity index (χ2v) is 5.93. The topological polar surface area (TPSA) is 15.8 Å². The van der Waals surface area contributed by atoms with Crippen molar-refractivity contribution < 1.29 is 44.0 Å². The zero-order valence-corrected chi connectivity index (χ0v) is 12.7. The van der Waals surface area contributed by atoms with Gasteiger partial charge in [0.25, 0.3) is 0 Å². The first-order chi connectivity index (χ1) is 7.83. The molecule has 0 fully saturated rings. The summed E-state index contributed by atoms with van der Waals surface area (Å²) in [5.74, 6) is 0. The number of H-pyrrole nitrogens is 1. The molecular weight excluding hydrogens is 301 g/mol. The molecule has 4 heteroatoms. The predicted molar refractivity (Wildman–Crippen MR) is 64.3 cm³/mol. The van der Waals surface area contributed by atoms with Gasteiger partial charge in [-0.2, -0.15) is 0 Å². The average molecular weight is 312 g/mol. The molecule has 18 heavy (non-hydrogen) atoms. The number of halogens is 2. The number of rotatable bonds is 2. The van der Waals surface area contributed by atoms with Gasteiger partial charge in [0.15, 0.2) is 0 Å². The molecule has 1 N–H and O–H groups in total. The summed E-state index contributed by atoms with van der Waals surface area (Å²) < 4.78 is 2.80. The van der Waals surface area contributed by atoms with Crippen LogP contribution in [0.4, 0.5) is 0 Å². The maximum absolute atomic E-state index is 4.05. The van der Waals surface area contributed by atoms with Crippen molar-refractivity contribution >= 4 is 14.9 Å². The minimum Gasteiger partial charge on any atom is -1.00 e. The third-order valence-corrected chi connectivity index (χ3v) is 4.73. The normalized spacial score (nSPS) is 12.7. The summed E-state index contributed by atoms with van der Waals surface area (Å²) in [6.07, 6.45) is 6.36. The first kappa shape index (κ1) is 15.3. The van der Waals surface area contributed by atoms with Crippen LogP contribution in [0.15, 0.2) is 64.6 Å². The minimum atomic E-state index is -0.265. The molecule has 0 bridgehead atoms.